The molecule has 0 radical (unpaired) electrons. The second-order valence-electron chi connectivity index (χ2n) is 6.30. The lowest BCUT2D eigenvalue weighted by Gasteiger charge is -2.27. The Labute approximate surface area is 128 Å². The fourth-order valence-electron chi connectivity index (χ4n) is 2.48. The Kier molecular flexibility index (Phi) is 4.49. The molecule has 124 valence electrons. The maximum Gasteiger partial charge on any atom is 0.335 e. The van der Waals surface area contributed by atoms with Crippen molar-refractivity contribution in [3.8, 4) is 0 Å². The Hall–Kier alpha value is -1.03. The fraction of sp³-hybridized carbons (Fsp3) is 0.786. The average molecular weight is 313 g/mol. The molecule has 0 aromatic carbocycles. The van der Waals surface area contributed by atoms with E-state index in [0.29, 0.717) is 5.57 Å². The van der Waals surface area contributed by atoms with Crippen LogP contribution in [0.3, 0.4) is 0 Å². The molecule has 8 heteroatoms. The lowest BCUT2D eigenvalue weighted by molar-refractivity contribution is -0.146. The number of rotatable bonds is 9. The summed E-state index contributed by atoms with van der Waals surface area (Å²) in [5.41, 5.74) is 0.503. The maximum atomic E-state index is 12.5. The molecular weight excluding hydrogens is 290 g/mol. The number of nitrogens with one attached hydrogen (secondary N) is 3. The topological polar surface area (TPSA) is 153 Å². The highest BCUT2D eigenvalue weighted by Gasteiger charge is 2.44. The van der Waals surface area contributed by atoms with Crippen LogP contribution in [0.1, 0.15) is 0 Å². The Morgan fingerprint density at radius 3 is 1.77 bits per heavy atom. The number of aliphatic hydroxyl groups is 3. The van der Waals surface area contributed by atoms with Gasteiger partial charge in [-0.25, -0.2) is 4.79 Å². The first-order valence-electron chi connectivity index (χ1n) is 7.58. The lowest BCUT2D eigenvalue weighted by Crippen LogP contribution is -2.40. The van der Waals surface area contributed by atoms with Crippen molar-refractivity contribution in [2.75, 3.05) is 46.1 Å². The molecule has 22 heavy (non-hydrogen) atoms. The largest absolute Gasteiger partial charge is 0.461 e. The summed E-state index contributed by atoms with van der Waals surface area (Å²) >= 11 is 0. The van der Waals surface area contributed by atoms with E-state index in [1.165, 1.54) is 0 Å². The van der Waals surface area contributed by atoms with Gasteiger partial charge in [-0.3, -0.25) is 0 Å². The highest BCUT2D eigenvalue weighted by atomic mass is 16.5. The molecule has 3 unspecified atom stereocenters. The molecular formula is C14H23N3O5. The van der Waals surface area contributed by atoms with E-state index in [1.807, 2.05) is 0 Å². The molecule has 3 saturated heterocycles. The van der Waals surface area contributed by atoms with Crippen LogP contribution in [0.25, 0.3) is 0 Å². The number of ether oxygens (including phenoxy) is 1. The Bertz CT molecular complexity index is 443. The van der Waals surface area contributed by atoms with Crippen LogP contribution in [0.4, 0.5) is 0 Å². The summed E-state index contributed by atoms with van der Waals surface area (Å²) < 4.78 is 5.31. The Morgan fingerprint density at radius 2 is 1.41 bits per heavy atom. The van der Waals surface area contributed by atoms with Crippen molar-refractivity contribution < 1.29 is 24.9 Å². The predicted octanol–water partition coefficient (Wildman–Crippen LogP) is -3.30. The third-order valence-corrected chi connectivity index (χ3v) is 4.37. The van der Waals surface area contributed by atoms with Crippen LogP contribution in [-0.4, -0.2) is 85.5 Å². The molecule has 0 amide bonds. The first-order valence-corrected chi connectivity index (χ1v) is 7.58. The monoisotopic (exact) mass is 313 g/mol. The second kappa shape index (κ2) is 6.23. The fourth-order valence-corrected chi connectivity index (χ4v) is 2.48. The van der Waals surface area contributed by atoms with Gasteiger partial charge >= 0.3 is 5.97 Å². The van der Waals surface area contributed by atoms with Gasteiger partial charge in [-0.05, 0) is 5.57 Å². The molecule has 3 heterocycles. The SMILES string of the molecule is O=C(OCC(CO)(CO)CO)C(=C(C1CN1)C1CN1)C1CN1. The molecule has 6 N–H and O–H groups in total. The van der Waals surface area contributed by atoms with Crippen LogP contribution in [0.5, 0.6) is 0 Å². The molecule has 0 spiro atoms. The first kappa shape index (κ1) is 15.9. The summed E-state index contributed by atoms with van der Waals surface area (Å²) in [6.07, 6.45) is 0. The third kappa shape index (κ3) is 3.32. The smallest absolute Gasteiger partial charge is 0.335 e. The molecule has 3 fully saturated rings. The highest BCUT2D eigenvalue weighted by molar-refractivity contribution is 5.92. The zero-order valence-electron chi connectivity index (χ0n) is 12.3. The number of aliphatic hydroxyl groups excluding tert-OH is 3. The lowest BCUT2D eigenvalue weighted by atomic mass is 9.92. The molecule has 0 aliphatic carbocycles. The highest BCUT2D eigenvalue weighted by Crippen LogP contribution is 2.30. The second-order valence-corrected chi connectivity index (χ2v) is 6.30. The van der Waals surface area contributed by atoms with Gasteiger partial charge in [0.05, 0.1) is 36.9 Å². The Balaban J connectivity index is 1.72. The van der Waals surface area contributed by atoms with Crippen molar-refractivity contribution >= 4 is 5.97 Å². The molecule has 3 aliphatic rings. The third-order valence-electron chi connectivity index (χ3n) is 4.37. The van der Waals surface area contributed by atoms with Gasteiger partial charge in [-0.2, -0.15) is 0 Å². The van der Waals surface area contributed by atoms with E-state index in [1.54, 1.807) is 0 Å². The van der Waals surface area contributed by atoms with E-state index in [-0.39, 0.29) is 24.7 Å². The van der Waals surface area contributed by atoms with Gasteiger partial charge in [0, 0.05) is 31.7 Å². The molecule has 0 aromatic heterocycles. The normalized spacial score (nSPS) is 29.0. The summed E-state index contributed by atoms with van der Waals surface area (Å²) in [6.45, 7) is 0.920. The molecule has 3 aliphatic heterocycles. The van der Waals surface area contributed by atoms with Crippen molar-refractivity contribution in [1.29, 1.82) is 0 Å². The summed E-state index contributed by atoms with van der Waals surface area (Å²) in [5, 5.41) is 37.5. The van der Waals surface area contributed by atoms with Crippen LogP contribution in [-0.2, 0) is 9.53 Å². The van der Waals surface area contributed by atoms with Crippen LogP contribution in [0, 0.1) is 5.41 Å². The number of carbonyl (C=O) groups excluding carboxylic acids is 1. The van der Waals surface area contributed by atoms with E-state index >= 15 is 0 Å². The zero-order valence-corrected chi connectivity index (χ0v) is 12.3. The quantitative estimate of drug-likeness (QED) is 0.147. The van der Waals surface area contributed by atoms with Crippen LogP contribution in [0.2, 0.25) is 0 Å². The van der Waals surface area contributed by atoms with Crippen molar-refractivity contribution in [3.63, 3.8) is 0 Å². The van der Waals surface area contributed by atoms with Crippen molar-refractivity contribution in [1.82, 2.24) is 16.0 Å². The summed E-state index contributed by atoms with van der Waals surface area (Å²) in [5.74, 6) is -0.438. The molecule has 0 saturated carbocycles. The minimum Gasteiger partial charge on any atom is -0.461 e. The standard InChI is InChI=1S/C14H23N3O5/c18-4-14(5-19,6-20)7-22-13(21)12(10-3-17-10)11(8-1-15-8)9-2-16-9/h8-10,15-20H,1-7H2. The molecule has 3 rings (SSSR count). The zero-order chi connectivity index (χ0) is 15.7. The maximum absolute atomic E-state index is 12.5. The van der Waals surface area contributed by atoms with E-state index in [4.69, 9.17) is 4.74 Å². The number of hydrogen-bond donors (Lipinski definition) is 6. The summed E-state index contributed by atoms with van der Waals surface area (Å²) in [4.78, 5) is 12.5. The van der Waals surface area contributed by atoms with E-state index in [9.17, 15) is 20.1 Å². The molecule has 0 aromatic rings. The van der Waals surface area contributed by atoms with Crippen LogP contribution >= 0.6 is 0 Å². The van der Waals surface area contributed by atoms with Gasteiger partial charge in [-0.1, -0.05) is 0 Å². The molecule has 8 nitrogen and oxygen atoms in total. The van der Waals surface area contributed by atoms with Crippen molar-refractivity contribution in [2.45, 2.75) is 18.1 Å². The van der Waals surface area contributed by atoms with Crippen molar-refractivity contribution in [2.24, 2.45) is 5.41 Å². The van der Waals surface area contributed by atoms with E-state index in [2.05, 4.69) is 16.0 Å². The van der Waals surface area contributed by atoms with Gasteiger partial charge < -0.3 is 36.0 Å². The van der Waals surface area contributed by atoms with Gasteiger partial charge in [0.2, 0.25) is 0 Å². The summed E-state index contributed by atoms with van der Waals surface area (Å²) in [7, 11) is 0. The molecule has 0 bridgehead atoms. The Morgan fingerprint density at radius 1 is 0.955 bits per heavy atom. The predicted molar refractivity (Wildman–Crippen MR) is 77.0 cm³/mol. The van der Waals surface area contributed by atoms with Crippen LogP contribution in [0.15, 0.2) is 11.1 Å². The number of esters is 1. The van der Waals surface area contributed by atoms with Gasteiger partial charge in [-0.15, -0.1) is 0 Å². The minimum atomic E-state index is -1.20. The van der Waals surface area contributed by atoms with Crippen LogP contribution < -0.4 is 16.0 Å². The van der Waals surface area contributed by atoms with Gasteiger partial charge in [0.25, 0.3) is 0 Å². The van der Waals surface area contributed by atoms with E-state index < -0.39 is 31.2 Å². The van der Waals surface area contributed by atoms with Gasteiger partial charge in [0.1, 0.15) is 6.61 Å². The van der Waals surface area contributed by atoms with E-state index in [0.717, 1.165) is 25.2 Å². The summed E-state index contributed by atoms with van der Waals surface area (Å²) in [6, 6.07) is 0.463. The number of carbonyl (C=O) groups is 1. The minimum absolute atomic E-state index is 0.0130. The van der Waals surface area contributed by atoms with Gasteiger partial charge in [0.15, 0.2) is 0 Å². The number of hydrogen-bond acceptors (Lipinski definition) is 8. The van der Waals surface area contributed by atoms with Crippen molar-refractivity contribution in [3.05, 3.63) is 11.1 Å². The first-order chi connectivity index (χ1) is 10.6. The molecule has 3 atom stereocenters. The average Bonchev–Trinajstić information content (AvgIpc) is 3.41.